The minimum absolute atomic E-state index is 0.312. The molecular weight excluding hydrogens is 374 g/mol. The van der Waals surface area contributed by atoms with Crippen molar-refractivity contribution in [2.75, 3.05) is 28.6 Å². The van der Waals surface area contributed by atoms with Crippen molar-refractivity contribution in [1.29, 1.82) is 0 Å². The lowest BCUT2D eigenvalue weighted by Crippen LogP contribution is -2.34. The summed E-state index contributed by atoms with van der Waals surface area (Å²) in [5, 5.41) is 6.20. The van der Waals surface area contributed by atoms with Gasteiger partial charge in [-0.05, 0) is 67.3 Å². The molecule has 0 bridgehead atoms. The Morgan fingerprint density at radius 2 is 1.21 bits per heavy atom. The van der Waals surface area contributed by atoms with Crippen LogP contribution in [0.4, 0.5) is 38.0 Å². The fourth-order valence-electron chi connectivity index (χ4n) is 3.15. The summed E-state index contributed by atoms with van der Waals surface area (Å²) in [4.78, 5) is 15.7. The molecule has 0 radical (unpaired) electrons. The summed E-state index contributed by atoms with van der Waals surface area (Å²) in [5.74, 6) is 1.33. The van der Waals surface area contributed by atoms with Crippen LogP contribution in [-0.4, -0.2) is 28.0 Å². The average Bonchev–Trinajstić information content (AvgIpc) is 2.72. The molecule has 6 nitrogen and oxygen atoms in total. The van der Waals surface area contributed by atoms with Gasteiger partial charge in [0.15, 0.2) is 0 Å². The lowest BCUT2D eigenvalue weighted by molar-refractivity contribution is 0.434. The van der Waals surface area contributed by atoms with Gasteiger partial charge >= 0.3 is 0 Å². The number of aromatic nitrogens is 3. The molecule has 150 valence electrons. The quantitative estimate of drug-likeness (QED) is 0.641. The van der Waals surface area contributed by atoms with E-state index in [2.05, 4.69) is 37.4 Å². The molecule has 2 heterocycles. The normalized spacial score (nSPS) is 14.7. The van der Waals surface area contributed by atoms with Crippen LogP contribution in [0.3, 0.4) is 0 Å². The van der Waals surface area contributed by atoms with E-state index in [4.69, 9.17) is 0 Å². The van der Waals surface area contributed by atoms with Crippen LogP contribution in [-0.2, 0) is 0 Å². The Hall–Kier alpha value is -3.29. The minimum atomic E-state index is -0.312. The van der Waals surface area contributed by atoms with E-state index in [0.717, 1.165) is 25.9 Å². The standard InChI is InChI=1S/C21H22F2N6/c1-14-10-12-29(13-11-14)21-27-19(24-17-6-2-15(22)3-7-17)26-20(28-21)25-18-8-4-16(23)5-9-18/h2-9,14H,10-13H2,1H3,(H2,24,25,26,27,28). The molecule has 0 saturated carbocycles. The Morgan fingerprint density at radius 1 is 0.759 bits per heavy atom. The molecule has 0 spiro atoms. The molecule has 29 heavy (non-hydrogen) atoms. The van der Waals surface area contributed by atoms with E-state index in [1.165, 1.54) is 24.3 Å². The van der Waals surface area contributed by atoms with E-state index in [1.54, 1.807) is 24.3 Å². The van der Waals surface area contributed by atoms with Crippen molar-refractivity contribution in [3.8, 4) is 0 Å². The molecule has 3 aromatic rings. The number of rotatable bonds is 5. The SMILES string of the molecule is CC1CCN(c2nc(Nc3ccc(F)cc3)nc(Nc3ccc(F)cc3)n2)CC1. The van der Waals surface area contributed by atoms with Crippen molar-refractivity contribution in [1.82, 2.24) is 15.0 Å². The molecule has 8 heteroatoms. The van der Waals surface area contributed by atoms with Crippen LogP contribution >= 0.6 is 0 Å². The summed E-state index contributed by atoms with van der Waals surface area (Å²) in [6.45, 7) is 3.99. The summed E-state index contributed by atoms with van der Waals surface area (Å²) >= 11 is 0. The van der Waals surface area contributed by atoms with Crippen LogP contribution in [0.1, 0.15) is 19.8 Å². The number of anilines is 5. The zero-order valence-electron chi connectivity index (χ0n) is 16.1. The first-order valence-corrected chi connectivity index (χ1v) is 9.61. The number of halogens is 2. The zero-order chi connectivity index (χ0) is 20.2. The van der Waals surface area contributed by atoms with Crippen LogP contribution in [0.5, 0.6) is 0 Å². The second kappa shape index (κ2) is 8.38. The van der Waals surface area contributed by atoms with Gasteiger partial charge in [-0.3, -0.25) is 0 Å². The fourth-order valence-corrected chi connectivity index (χ4v) is 3.15. The number of nitrogens with zero attached hydrogens (tertiary/aromatic N) is 4. The molecule has 0 unspecified atom stereocenters. The summed E-state index contributed by atoms with van der Waals surface area (Å²) in [6, 6.07) is 12.0. The molecule has 1 aliphatic rings. The van der Waals surface area contributed by atoms with Gasteiger partial charge in [-0.2, -0.15) is 15.0 Å². The zero-order valence-corrected chi connectivity index (χ0v) is 16.1. The van der Waals surface area contributed by atoms with E-state index < -0.39 is 0 Å². The molecule has 1 saturated heterocycles. The summed E-state index contributed by atoms with van der Waals surface area (Å²) in [6.07, 6.45) is 2.15. The number of nitrogens with one attached hydrogen (secondary N) is 2. The summed E-state index contributed by atoms with van der Waals surface area (Å²) in [7, 11) is 0. The highest BCUT2D eigenvalue weighted by atomic mass is 19.1. The molecule has 1 fully saturated rings. The van der Waals surface area contributed by atoms with Crippen molar-refractivity contribution < 1.29 is 8.78 Å². The Bertz CT molecular complexity index is 888. The van der Waals surface area contributed by atoms with Gasteiger partial charge < -0.3 is 15.5 Å². The van der Waals surface area contributed by atoms with Gasteiger partial charge in [0.25, 0.3) is 0 Å². The number of piperidine rings is 1. The molecule has 2 aromatic carbocycles. The molecule has 2 N–H and O–H groups in total. The van der Waals surface area contributed by atoms with Gasteiger partial charge in [0.05, 0.1) is 0 Å². The first kappa shape index (κ1) is 19.0. The van der Waals surface area contributed by atoms with Crippen LogP contribution in [0.2, 0.25) is 0 Å². The monoisotopic (exact) mass is 396 g/mol. The van der Waals surface area contributed by atoms with Crippen LogP contribution < -0.4 is 15.5 Å². The lowest BCUT2D eigenvalue weighted by atomic mass is 10.00. The van der Waals surface area contributed by atoms with E-state index in [-0.39, 0.29) is 11.6 Å². The second-order valence-corrected chi connectivity index (χ2v) is 7.22. The number of benzene rings is 2. The predicted octanol–water partition coefficient (Wildman–Crippen LogP) is 4.87. The van der Waals surface area contributed by atoms with Gasteiger partial charge in [-0.25, -0.2) is 8.78 Å². The lowest BCUT2D eigenvalue weighted by Gasteiger charge is -2.30. The highest BCUT2D eigenvalue weighted by molar-refractivity contribution is 5.59. The average molecular weight is 396 g/mol. The highest BCUT2D eigenvalue weighted by Gasteiger charge is 2.20. The fraction of sp³-hybridized carbons (Fsp3) is 0.286. The third kappa shape index (κ3) is 4.96. The Balaban J connectivity index is 1.62. The van der Waals surface area contributed by atoms with Crippen LogP contribution in [0.15, 0.2) is 48.5 Å². The van der Waals surface area contributed by atoms with E-state index in [1.807, 2.05) is 0 Å². The van der Waals surface area contributed by atoms with E-state index in [0.29, 0.717) is 35.1 Å². The number of hydrogen-bond donors (Lipinski definition) is 2. The topological polar surface area (TPSA) is 66.0 Å². The van der Waals surface area contributed by atoms with E-state index in [9.17, 15) is 8.78 Å². The molecule has 0 aliphatic carbocycles. The van der Waals surface area contributed by atoms with Crippen molar-refractivity contribution in [2.24, 2.45) is 5.92 Å². The van der Waals surface area contributed by atoms with Crippen molar-refractivity contribution in [3.05, 3.63) is 60.2 Å². The van der Waals surface area contributed by atoms with Crippen molar-refractivity contribution in [2.45, 2.75) is 19.8 Å². The van der Waals surface area contributed by atoms with Gasteiger partial charge in [-0.1, -0.05) is 6.92 Å². The van der Waals surface area contributed by atoms with Gasteiger partial charge in [0.1, 0.15) is 11.6 Å². The van der Waals surface area contributed by atoms with Crippen LogP contribution in [0.25, 0.3) is 0 Å². The van der Waals surface area contributed by atoms with Gasteiger partial charge in [0.2, 0.25) is 17.8 Å². The molecule has 1 aromatic heterocycles. The largest absolute Gasteiger partial charge is 0.341 e. The first-order valence-electron chi connectivity index (χ1n) is 9.61. The number of hydrogen-bond acceptors (Lipinski definition) is 6. The maximum atomic E-state index is 13.2. The molecule has 0 atom stereocenters. The van der Waals surface area contributed by atoms with Crippen molar-refractivity contribution in [3.63, 3.8) is 0 Å². The second-order valence-electron chi connectivity index (χ2n) is 7.22. The Labute approximate surface area is 168 Å². The summed E-state index contributed by atoms with van der Waals surface area (Å²) < 4.78 is 26.4. The highest BCUT2D eigenvalue weighted by Crippen LogP contribution is 2.24. The van der Waals surface area contributed by atoms with E-state index >= 15 is 0 Å². The Morgan fingerprint density at radius 3 is 1.66 bits per heavy atom. The summed E-state index contributed by atoms with van der Waals surface area (Å²) in [5.41, 5.74) is 1.34. The first-order chi connectivity index (χ1) is 14.0. The third-order valence-corrected chi connectivity index (χ3v) is 4.89. The maximum absolute atomic E-state index is 13.2. The smallest absolute Gasteiger partial charge is 0.233 e. The predicted molar refractivity (Wildman–Crippen MR) is 110 cm³/mol. The van der Waals surface area contributed by atoms with Gasteiger partial charge in [-0.15, -0.1) is 0 Å². The Kier molecular flexibility index (Phi) is 5.50. The van der Waals surface area contributed by atoms with Crippen LogP contribution in [0, 0.1) is 17.6 Å². The maximum Gasteiger partial charge on any atom is 0.233 e. The molecule has 0 amide bonds. The van der Waals surface area contributed by atoms with Crippen molar-refractivity contribution >= 4 is 29.2 Å². The third-order valence-electron chi connectivity index (χ3n) is 4.89. The molecule has 1 aliphatic heterocycles. The minimum Gasteiger partial charge on any atom is -0.341 e. The molecule has 4 rings (SSSR count). The molecular formula is C21H22F2N6. The van der Waals surface area contributed by atoms with Gasteiger partial charge in [0, 0.05) is 24.5 Å².